The fourth-order valence-electron chi connectivity index (χ4n) is 9.20. The first-order valence-electron chi connectivity index (χ1n) is 22.5. The number of carbonyl (C=O) groups is 4. The number of aromatic nitrogens is 6. The van der Waals surface area contributed by atoms with Crippen molar-refractivity contribution in [1.82, 2.24) is 29.2 Å². The molecule has 20 heteroatoms. The number of hydrogen-bond donors (Lipinski definition) is 4. The Labute approximate surface area is 391 Å². The van der Waals surface area contributed by atoms with Crippen LogP contribution in [0.3, 0.4) is 0 Å². The standard InChI is InChI=1S/2C24H27N5O5/c2*1-14-20(28-4-6-33-7-5-28)19(8-16-9-24(3,13-30)34-21(14)16)27-23(32)18-11-26-29-12-17(15(2)31)10-25-22(18)29/h2*8,10-12,30H,4-7,9,13H2,1-3H3,(H,27,32)/t2*24-/m10/s1. The van der Waals surface area contributed by atoms with Crippen molar-refractivity contribution in [2.75, 3.05) is 86.3 Å². The summed E-state index contributed by atoms with van der Waals surface area (Å²) in [6, 6.07) is 3.86. The predicted molar refractivity (Wildman–Crippen MR) is 250 cm³/mol. The zero-order chi connectivity index (χ0) is 48.1. The highest BCUT2D eigenvalue weighted by Crippen LogP contribution is 2.47. The van der Waals surface area contributed by atoms with Crippen LogP contribution in [-0.4, -0.2) is 140 Å². The molecule has 8 heterocycles. The molecule has 0 aliphatic carbocycles. The minimum atomic E-state index is -0.696. The van der Waals surface area contributed by atoms with Crippen LogP contribution in [0, 0.1) is 13.8 Å². The Bertz CT molecular complexity index is 2790. The molecule has 4 aliphatic heterocycles. The SMILES string of the molecule is CC(=O)c1cnc2c(C(=O)Nc3cc4c(c(C)c3N3CCOCC3)O[C@@](C)(CO)C4)cnn2c1.CC(=O)c1cnc2c(C(=O)Nc3cc4c(c(C)c3N3CCOCC3)O[C@](C)(CO)C4)cnn2c1. The molecule has 2 atom stereocenters. The maximum Gasteiger partial charge on any atom is 0.261 e. The van der Waals surface area contributed by atoms with Crippen LogP contribution in [0.2, 0.25) is 0 Å². The van der Waals surface area contributed by atoms with Gasteiger partial charge >= 0.3 is 0 Å². The minimum Gasteiger partial charge on any atom is -0.484 e. The summed E-state index contributed by atoms with van der Waals surface area (Å²) in [6.07, 6.45) is 9.99. The van der Waals surface area contributed by atoms with Gasteiger partial charge in [0, 0.05) is 86.1 Å². The molecular weight excluding hydrogens is 877 g/mol. The monoisotopic (exact) mass is 930 g/mol. The summed E-state index contributed by atoms with van der Waals surface area (Å²) in [5.74, 6) is 0.552. The fourth-order valence-corrected chi connectivity index (χ4v) is 9.20. The Morgan fingerprint density at radius 3 is 1.37 bits per heavy atom. The number of nitrogens with one attached hydrogen (secondary N) is 2. The van der Waals surface area contributed by atoms with Gasteiger partial charge in [-0.3, -0.25) is 19.2 Å². The number of amides is 2. The summed E-state index contributed by atoms with van der Waals surface area (Å²) in [6.45, 7) is 15.5. The van der Waals surface area contributed by atoms with Gasteiger partial charge in [-0.1, -0.05) is 0 Å². The highest BCUT2D eigenvalue weighted by atomic mass is 16.5. The number of nitrogens with zero attached hydrogens (tertiary/aromatic N) is 8. The molecule has 356 valence electrons. The van der Waals surface area contributed by atoms with Gasteiger partial charge in [0.1, 0.15) is 33.8 Å². The molecule has 4 aliphatic rings. The lowest BCUT2D eigenvalue weighted by Gasteiger charge is -2.32. The van der Waals surface area contributed by atoms with Crippen LogP contribution in [0.15, 0.2) is 49.3 Å². The average Bonchev–Trinajstić information content (AvgIpc) is 4.12. The van der Waals surface area contributed by atoms with Gasteiger partial charge in [0.15, 0.2) is 22.9 Å². The summed E-state index contributed by atoms with van der Waals surface area (Å²) in [4.78, 5) is 62.9. The molecule has 4 N–H and O–H groups in total. The third kappa shape index (κ3) is 8.70. The number of hydrogen-bond acceptors (Lipinski definition) is 16. The summed E-state index contributed by atoms with van der Waals surface area (Å²) in [5, 5.41) is 34.2. The molecule has 68 heavy (non-hydrogen) atoms. The third-order valence-corrected chi connectivity index (χ3v) is 12.8. The van der Waals surface area contributed by atoms with E-state index in [1.807, 2.05) is 39.8 Å². The van der Waals surface area contributed by atoms with Crippen molar-refractivity contribution in [3.8, 4) is 11.5 Å². The van der Waals surface area contributed by atoms with E-state index in [1.165, 1.54) is 47.7 Å². The number of morpholine rings is 2. The maximum atomic E-state index is 13.4. The number of carbonyl (C=O) groups excluding carboxylic acids is 4. The Balaban J connectivity index is 0.000000170. The van der Waals surface area contributed by atoms with Crippen LogP contribution in [0.1, 0.15) is 91.4 Å². The quantitative estimate of drug-likeness (QED) is 0.142. The van der Waals surface area contributed by atoms with E-state index in [9.17, 15) is 29.4 Å². The van der Waals surface area contributed by atoms with Crippen molar-refractivity contribution in [1.29, 1.82) is 0 Å². The minimum absolute atomic E-state index is 0.105. The first-order valence-corrected chi connectivity index (χ1v) is 22.5. The van der Waals surface area contributed by atoms with Gasteiger partial charge in [0.25, 0.3) is 11.8 Å². The van der Waals surface area contributed by atoms with Crippen LogP contribution >= 0.6 is 0 Å². The predicted octanol–water partition coefficient (Wildman–Crippen LogP) is 4.03. The Morgan fingerprint density at radius 1 is 0.632 bits per heavy atom. The highest BCUT2D eigenvalue weighted by Gasteiger charge is 2.39. The van der Waals surface area contributed by atoms with Gasteiger partial charge in [0.05, 0.1) is 85.9 Å². The first-order chi connectivity index (χ1) is 32.6. The first kappa shape index (κ1) is 46.1. The van der Waals surface area contributed by atoms with Crippen LogP contribution in [0.25, 0.3) is 11.3 Å². The molecule has 2 fully saturated rings. The van der Waals surface area contributed by atoms with Crippen LogP contribution in [0.5, 0.6) is 11.5 Å². The van der Waals surface area contributed by atoms with Gasteiger partial charge in [0.2, 0.25) is 0 Å². The van der Waals surface area contributed by atoms with Crippen LogP contribution in [0.4, 0.5) is 22.7 Å². The molecule has 0 bridgehead atoms. The number of aliphatic hydroxyl groups excluding tert-OH is 2. The summed E-state index contributed by atoms with van der Waals surface area (Å²) >= 11 is 0. The van der Waals surface area contributed by atoms with Crippen molar-refractivity contribution < 1.29 is 48.3 Å². The Morgan fingerprint density at radius 2 is 1.01 bits per heavy atom. The van der Waals surface area contributed by atoms with E-state index < -0.39 is 11.2 Å². The van der Waals surface area contributed by atoms with Crippen molar-refractivity contribution in [3.05, 3.63) is 93.8 Å². The molecule has 2 amide bonds. The molecule has 6 aromatic rings. The molecule has 0 unspecified atom stereocenters. The number of Topliss-reactive ketones (excluding diaryl/α,β-unsaturated/α-hetero) is 2. The van der Waals surface area contributed by atoms with E-state index >= 15 is 0 Å². The van der Waals surface area contributed by atoms with Crippen molar-refractivity contribution in [3.63, 3.8) is 0 Å². The van der Waals surface area contributed by atoms with E-state index in [-0.39, 0.29) is 36.6 Å². The zero-order valence-electron chi connectivity index (χ0n) is 38.8. The van der Waals surface area contributed by atoms with Gasteiger partial charge in [-0.05, 0) is 53.7 Å². The van der Waals surface area contributed by atoms with E-state index in [0.717, 1.165) is 45.1 Å². The summed E-state index contributed by atoms with van der Waals surface area (Å²) < 4.78 is 26.2. The lowest BCUT2D eigenvalue weighted by atomic mass is 9.97. The molecule has 0 radical (unpaired) electrons. The largest absolute Gasteiger partial charge is 0.484 e. The van der Waals surface area contributed by atoms with Gasteiger partial charge in [-0.2, -0.15) is 10.2 Å². The highest BCUT2D eigenvalue weighted by molar-refractivity contribution is 6.11. The maximum absolute atomic E-state index is 13.4. The van der Waals surface area contributed by atoms with E-state index in [0.29, 0.717) is 110 Å². The second-order valence-electron chi connectivity index (χ2n) is 18.1. The molecular formula is C48H54N10O10. The second-order valence-corrected chi connectivity index (χ2v) is 18.1. The van der Waals surface area contributed by atoms with Crippen LogP contribution in [-0.2, 0) is 22.3 Å². The number of anilines is 4. The van der Waals surface area contributed by atoms with Gasteiger partial charge < -0.3 is 49.6 Å². The third-order valence-electron chi connectivity index (χ3n) is 12.8. The normalized spacial score (nSPS) is 19.7. The fraction of sp³-hybridized carbons (Fsp3) is 0.417. The summed E-state index contributed by atoms with van der Waals surface area (Å²) in [7, 11) is 0. The van der Waals surface area contributed by atoms with E-state index in [4.69, 9.17) is 18.9 Å². The zero-order valence-corrected chi connectivity index (χ0v) is 38.8. The molecule has 4 aromatic heterocycles. The Kier molecular flexibility index (Phi) is 12.4. The molecule has 10 rings (SSSR count). The second kappa shape index (κ2) is 18.2. The van der Waals surface area contributed by atoms with Crippen molar-refractivity contribution in [2.45, 2.75) is 65.6 Å². The molecule has 20 nitrogen and oxygen atoms in total. The number of rotatable bonds is 10. The number of aliphatic hydroxyl groups is 2. The van der Waals surface area contributed by atoms with Crippen molar-refractivity contribution in [2.24, 2.45) is 0 Å². The van der Waals surface area contributed by atoms with E-state index in [2.05, 4.69) is 40.6 Å². The van der Waals surface area contributed by atoms with Crippen molar-refractivity contribution >= 4 is 57.4 Å². The molecule has 2 aromatic carbocycles. The lowest BCUT2D eigenvalue weighted by molar-refractivity contribution is 0.0441. The lowest BCUT2D eigenvalue weighted by Crippen LogP contribution is -2.37. The summed E-state index contributed by atoms with van der Waals surface area (Å²) in [5.41, 5.74) is 7.55. The number of ether oxygens (including phenoxy) is 4. The topological polar surface area (TPSA) is 237 Å². The molecule has 0 saturated carbocycles. The number of ketones is 2. The van der Waals surface area contributed by atoms with Gasteiger partial charge in [-0.15, -0.1) is 0 Å². The smallest absolute Gasteiger partial charge is 0.261 e. The number of fused-ring (bicyclic) bond motifs is 4. The van der Waals surface area contributed by atoms with E-state index in [1.54, 1.807) is 12.4 Å². The number of benzene rings is 2. The Hall–Kier alpha value is -7.00. The average molecular weight is 931 g/mol. The van der Waals surface area contributed by atoms with Gasteiger partial charge in [-0.25, -0.2) is 19.0 Å². The molecule has 2 saturated heterocycles. The van der Waals surface area contributed by atoms with Crippen LogP contribution < -0.4 is 29.9 Å². The molecule has 0 spiro atoms.